The minimum atomic E-state index is 0. The summed E-state index contributed by atoms with van der Waals surface area (Å²) in [5.74, 6) is 2.33. The largest absolute Gasteiger partial charge is 0.496 e. The summed E-state index contributed by atoms with van der Waals surface area (Å²) in [7, 11) is 1.76. The van der Waals surface area contributed by atoms with Crippen LogP contribution in [0, 0.1) is 11.3 Å². The summed E-state index contributed by atoms with van der Waals surface area (Å²) in [4.78, 5) is 0. The first-order valence-electron chi connectivity index (χ1n) is 11.8. The number of benzene rings is 2. The summed E-state index contributed by atoms with van der Waals surface area (Å²) in [6, 6.07) is 15.7. The second-order valence-corrected chi connectivity index (χ2v) is 10.5. The lowest BCUT2D eigenvalue weighted by molar-refractivity contribution is 0.0256. The zero-order valence-corrected chi connectivity index (χ0v) is 20.8. The summed E-state index contributed by atoms with van der Waals surface area (Å²) in [6.07, 6.45) is 6.53. The fraction of sp³-hybridized carbons (Fsp3) is 0.571. The molecule has 2 aromatic carbocycles. The van der Waals surface area contributed by atoms with E-state index < -0.39 is 0 Å². The molecular weight excluding hydrogens is 402 g/mol. The molecule has 31 heavy (non-hydrogen) atoms. The van der Waals surface area contributed by atoms with Gasteiger partial charge in [-0.15, -0.1) is 12.4 Å². The third kappa shape index (κ3) is 4.52. The smallest absolute Gasteiger partial charge is 0.123 e. The van der Waals surface area contributed by atoms with Gasteiger partial charge in [-0.05, 0) is 71.1 Å². The van der Waals surface area contributed by atoms with Crippen LogP contribution in [0.5, 0.6) is 5.75 Å². The number of nitrogens with one attached hydrogen (secondary N) is 1. The molecule has 0 unspecified atom stereocenters. The molecule has 0 amide bonds. The van der Waals surface area contributed by atoms with Crippen LogP contribution in [0.3, 0.4) is 0 Å². The SMILES string of the molecule is COc1ccccc1CNC[C@]1(C)CCC[C@]2(C)c3ccc(C(C)C)cc3CC[C@@H]12.Cl. The molecule has 0 heterocycles. The average molecular weight is 442 g/mol. The minimum absolute atomic E-state index is 0. The van der Waals surface area contributed by atoms with E-state index >= 15 is 0 Å². The highest BCUT2D eigenvalue weighted by Crippen LogP contribution is 2.57. The maximum Gasteiger partial charge on any atom is 0.123 e. The van der Waals surface area contributed by atoms with Gasteiger partial charge in [0, 0.05) is 18.7 Å². The molecule has 0 saturated heterocycles. The molecular formula is C28H40ClNO. The topological polar surface area (TPSA) is 21.3 Å². The first kappa shape index (κ1) is 24.1. The zero-order chi connectivity index (χ0) is 21.4. The van der Waals surface area contributed by atoms with Gasteiger partial charge in [0.2, 0.25) is 0 Å². The summed E-state index contributed by atoms with van der Waals surface area (Å²) >= 11 is 0. The van der Waals surface area contributed by atoms with Crippen LogP contribution in [0.2, 0.25) is 0 Å². The number of para-hydroxylation sites is 1. The standard InChI is InChI=1S/C28H39NO.ClH/c1-20(2)21-11-13-24-22(17-21)12-14-26-27(3,15-8-16-28(24,26)4)19-29-18-23-9-6-7-10-25(23)30-5;/h6-7,9-11,13,17,20,26,29H,8,12,14-16,18-19H2,1-5H3;1H/t26-,27-,28+;/m0./s1. The molecule has 0 spiro atoms. The number of ether oxygens (including phenoxy) is 1. The van der Waals surface area contributed by atoms with Crippen LogP contribution in [0.25, 0.3) is 0 Å². The number of hydrogen-bond acceptors (Lipinski definition) is 2. The molecule has 1 N–H and O–H groups in total. The fourth-order valence-electron chi connectivity index (χ4n) is 6.55. The number of fused-ring (bicyclic) bond motifs is 3. The van der Waals surface area contributed by atoms with Crippen molar-refractivity contribution in [2.45, 2.75) is 77.7 Å². The molecule has 2 aromatic rings. The van der Waals surface area contributed by atoms with Gasteiger partial charge in [-0.3, -0.25) is 0 Å². The predicted octanol–water partition coefficient (Wildman–Crippen LogP) is 7.04. The Hall–Kier alpha value is -1.51. The maximum atomic E-state index is 5.54. The molecule has 0 bridgehead atoms. The van der Waals surface area contributed by atoms with Crippen LogP contribution in [-0.2, 0) is 18.4 Å². The van der Waals surface area contributed by atoms with Crippen LogP contribution < -0.4 is 10.1 Å². The Labute approximate surface area is 195 Å². The van der Waals surface area contributed by atoms with Gasteiger partial charge in [0.1, 0.15) is 5.75 Å². The first-order chi connectivity index (χ1) is 14.4. The van der Waals surface area contributed by atoms with Crippen molar-refractivity contribution in [2.75, 3.05) is 13.7 Å². The second-order valence-electron chi connectivity index (χ2n) is 10.5. The second kappa shape index (κ2) is 9.55. The summed E-state index contributed by atoms with van der Waals surface area (Å²) in [6.45, 7) is 11.7. The lowest BCUT2D eigenvalue weighted by Gasteiger charge is -2.55. The van der Waals surface area contributed by atoms with E-state index in [1.54, 1.807) is 18.2 Å². The van der Waals surface area contributed by atoms with Crippen molar-refractivity contribution in [3.63, 3.8) is 0 Å². The molecule has 1 fully saturated rings. The Balaban J connectivity index is 0.00000272. The highest BCUT2D eigenvalue weighted by Gasteiger charge is 2.51. The molecule has 0 radical (unpaired) electrons. The van der Waals surface area contributed by atoms with Gasteiger partial charge in [-0.1, -0.05) is 70.5 Å². The van der Waals surface area contributed by atoms with E-state index in [0.717, 1.165) is 24.8 Å². The predicted molar refractivity (Wildman–Crippen MR) is 134 cm³/mol. The highest BCUT2D eigenvalue weighted by atomic mass is 35.5. The van der Waals surface area contributed by atoms with Crippen LogP contribution in [0.1, 0.15) is 81.5 Å². The maximum absolute atomic E-state index is 5.54. The first-order valence-corrected chi connectivity index (χ1v) is 11.8. The van der Waals surface area contributed by atoms with Gasteiger partial charge in [0.05, 0.1) is 7.11 Å². The normalized spacial score (nSPS) is 27.2. The lowest BCUT2D eigenvalue weighted by atomic mass is 9.49. The van der Waals surface area contributed by atoms with Crippen molar-refractivity contribution >= 4 is 12.4 Å². The Morgan fingerprint density at radius 3 is 2.61 bits per heavy atom. The molecule has 2 aliphatic rings. The third-order valence-corrected chi connectivity index (χ3v) is 8.20. The Morgan fingerprint density at radius 2 is 1.87 bits per heavy atom. The number of aryl methyl sites for hydroxylation is 1. The molecule has 2 nitrogen and oxygen atoms in total. The van der Waals surface area contributed by atoms with Gasteiger partial charge in [0.15, 0.2) is 0 Å². The lowest BCUT2D eigenvalue weighted by Crippen LogP contribution is -2.52. The molecule has 170 valence electrons. The monoisotopic (exact) mass is 441 g/mol. The summed E-state index contributed by atoms with van der Waals surface area (Å²) in [5.41, 5.74) is 6.64. The third-order valence-electron chi connectivity index (χ3n) is 8.20. The zero-order valence-electron chi connectivity index (χ0n) is 20.0. The van der Waals surface area contributed by atoms with E-state index in [2.05, 4.69) is 69.4 Å². The van der Waals surface area contributed by atoms with Gasteiger partial charge < -0.3 is 10.1 Å². The Bertz CT molecular complexity index is 894. The van der Waals surface area contributed by atoms with Gasteiger partial charge >= 0.3 is 0 Å². The number of halogens is 1. The molecule has 0 aliphatic heterocycles. The fourth-order valence-corrected chi connectivity index (χ4v) is 6.55. The van der Waals surface area contributed by atoms with Crippen LogP contribution >= 0.6 is 12.4 Å². The number of hydrogen-bond donors (Lipinski definition) is 1. The quantitative estimate of drug-likeness (QED) is 0.518. The summed E-state index contributed by atoms with van der Waals surface area (Å²) < 4.78 is 5.54. The van der Waals surface area contributed by atoms with E-state index in [0.29, 0.717) is 16.7 Å². The summed E-state index contributed by atoms with van der Waals surface area (Å²) in [5, 5.41) is 3.80. The van der Waals surface area contributed by atoms with E-state index in [4.69, 9.17) is 4.74 Å². The van der Waals surface area contributed by atoms with E-state index in [1.165, 1.54) is 43.2 Å². The average Bonchev–Trinajstić information content (AvgIpc) is 2.73. The van der Waals surface area contributed by atoms with Gasteiger partial charge in [-0.2, -0.15) is 0 Å². The van der Waals surface area contributed by atoms with Crippen LogP contribution in [0.4, 0.5) is 0 Å². The molecule has 1 saturated carbocycles. The number of rotatable bonds is 6. The van der Waals surface area contributed by atoms with Crippen molar-refractivity contribution in [1.29, 1.82) is 0 Å². The Morgan fingerprint density at radius 1 is 1.10 bits per heavy atom. The van der Waals surface area contributed by atoms with Crippen LogP contribution in [0.15, 0.2) is 42.5 Å². The van der Waals surface area contributed by atoms with E-state index in [1.807, 2.05) is 6.07 Å². The van der Waals surface area contributed by atoms with Crippen LogP contribution in [-0.4, -0.2) is 13.7 Å². The van der Waals surface area contributed by atoms with Gasteiger partial charge in [-0.25, -0.2) is 0 Å². The highest BCUT2D eigenvalue weighted by molar-refractivity contribution is 5.85. The molecule has 0 aromatic heterocycles. The van der Waals surface area contributed by atoms with E-state index in [9.17, 15) is 0 Å². The molecule has 2 aliphatic carbocycles. The number of methoxy groups -OCH3 is 1. The molecule has 3 heteroatoms. The minimum Gasteiger partial charge on any atom is -0.496 e. The van der Waals surface area contributed by atoms with Crippen molar-refractivity contribution in [1.82, 2.24) is 5.32 Å². The van der Waals surface area contributed by atoms with Gasteiger partial charge in [0.25, 0.3) is 0 Å². The van der Waals surface area contributed by atoms with Crippen molar-refractivity contribution in [3.8, 4) is 5.75 Å². The van der Waals surface area contributed by atoms with Crippen molar-refractivity contribution in [3.05, 3.63) is 64.7 Å². The van der Waals surface area contributed by atoms with Crippen molar-refractivity contribution in [2.24, 2.45) is 11.3 Å². The van der Waals surface area contributed by atoms with Crippen molar-refractivity contribution < 1.29 is 4.74 Å². The van der Waals surface area contributed by atoms with E-state index in [-0.39, 0.29) is 12.4 Å². The molecule has 4 rings (SSSR count). The molecule has 3 atom stereocenters. The Kier molecular flexibility index (Phi) is 7.43.